The third kappa shape index (κ3) is 3.15. The minimum atomic E-state index is -3.76. The van der Waals surface area contributed by atoms with Gasteiger partial charge in [-0.25, -0.2) is 0 Å². The first-order valence-electron chi connectivity index (χ1n) is 6.71. The molecule has 1 aromatic heterocycles. The fourth-order valence-corrected chi connectivity index (χ4v) is 4.41. The number of aromatic nitrogens is 2. The van der Waals surface area contributed by atoms with Crippen molar-refractivity contribution in [2.24, 2.45) is 0 Å². The lowest BCUT2D eigenvalue weighted by Crippen LogP contribution is -2.16. The number of hydrogen-bond donors (Lipinski definition) is 0. The molecule has 0 saturated heterocycles. The van der Waals surface area contributed by atoms with Gasteiger partial charge in [-0.1, -0.05) is 41.4 Å². The summed E-state index contributed by atoms with van der Waals surface area (Å²) in [6, 6.07) is 13.7. The van der Waals surface area contributed by atoms with E-state index in [4.69, 9.17) is 11.6 Å². The molecule has 0 fully saturated rings. The van der Waals surface area contributed by atoms with E-state index in [1.807, 2.05) is 6.92 Å². The molecule has 0 aliphatic carbocycles. The molecule has 3 rings (SSSR count). The summed E-state index contributed by atoms with van der Waals surface area (Å²) in [5, 5.41) is 4.67. The molecule has 0 spiro atoms. The molecule has 1 heterocycles. The van der Waals surface area contributed by atoms with Crippen LogP contribution in [0.2, 0.25) is 5.02 Å². The predicted octanol–water partition coefficient (Wildman–Crippen LogP) is 4.35. The average molecular weight is 459 g/mol. The number of benzene rings is 2. The maximum atomic E-state index is 12.9. The maximum Gasteiger partial charge on any atom is 0.283 e. The van der Waals surface area contributed by atoms with Crippen LogP contribution in [-0.2, 0) is 10.0 Å². The molecule has 118 valence electrons. The summed E-state index contributed by atoms with van der Waals surface area (Å²) in [6.07, 6.45) is 1.54. The standard InChI is InChI=1S/C16H12ClIN2O2S/c1-11-2-8-14(9-3-11)23(21,22)20-16(15(18)10-19-20)12-4-6-13(17)7-5-12/h2-10H,1H3. The summed E-state index contributed by atoms with van der Waals surface area (Å²) in [6.45, 7) is 1.91. The zero-order valence-electron chi connectivity index (χ0n) is 12.1. The molecule has 0 bridgehead atoms. The molecule has 0 unspecified atom stereocenters. The van der Waals surface area contributed by atoms with Crippen LogP contribution in [0.3, 0.4) is 0 Å². The van der Waals surface area contributed by atoms with E-state index in [2.05, 4.69) is 27.7 Å². The van der Waals surface area contributed by atoms with Gasteiger partial charge < -0.3 is 0 Å². The molecule has 7 heteroatoms. The van der Waals surface area contributed by atoms with Crippen LogP contribution in [0.5, 0.6) is 0 Å². The number of nitrogens with zero attached hydrogens (tertiary/aromatic N) is 2. The summed E-state index contributed by atoms with van der Waals surface area (Å²) in [5.41, 5.74) is 2.27. The van der Waals surface area contributed by atoms with Crippen LogP contribution in [0.4, 0.5) is 0 Å². The van der Waals surface area contributed by atoms with Gasteiger partial charge in [-0.3, -0.25) is 0 Å². The quantitative estimate of drug-likeness (QED) is 0.548. The second kappa shape index (κ2) is 6.26. The van der Waals surface area contributed by atoms with Crippen molar-refractivity contribution >= 4 is 44.2 Å². The predicted molar refractivity (Wildman–Crippen MR) is 99.2 cm³/mol. The van der Waals surface area contributed by atoms with Crippen LogP contribution in [0.15, 0.2) is 59.6 Å². The molecule has 0 amide bonds. The van der Waals surface area contributed by atoms with Crippen molar-refractivity contribution in [1.29, 1.82) is 0 Å². The van der Waals surface area contributed by atoms with E-state index in [-0.39, 0.29) is 4.90 Å². The van der Waals surface area contributed by atoms with Gasteiger partial charge in [-0.2, -0.15) is 17.6 Å². The third-order valence-electron chi connectivity index (χ3n) is 3.36. The van der Waals surface area contributed by atoms with Gasteiger partial charge in [-0.15, -0.1) is 0 Å². The van der Waals surface area contributed by atoms with Crippen molar-refractivity contribution in [2.75, 3.05) is 0 Å². The number of rotatable bonds is 3. The Kier molecular flexibility index (Phi) is 4.48. The van der Waals surface area contributed by atoms with Gasteiger partial charge in [0.1, 0.15) is 0 Å². The Hall–Kier alpha value is -1.38. The van der Waals surface area contributed by atoms with Crippen molar-refractivity contribution in [2.45, 2.75) is 11.8 Å². The van der Waals surface area contributed by atoms with E-state index in [0.717, 1.165) is 18.8 Å². The lowest BCUT2D eigenvalue weighted by Gasteiger charge is -2.10. The van der Waals surface area contributed by atoms with Gasteiger partial charge in [0, 0.05) is 10.6 Å². The third-order valence-corrected chi connectivity index (χ3v) is 6.00. The number of halogens is 2. The first-order valence-corrected chi connectivity index (χ1v) is 9.61. The first kappa shape index (κ1) is 16.5. The van der Waals surface area contributed by atoms with Crippen LogP contribution in [-0.4, -0.2) is 17.6 Å². The summed E-state index contributed by atoms with van der Waals surface area (Å²) in [5.74, 6) is 0. The SMILES string of the molecule is Cc1ccc(S(=O)(=O)n2ncc(I)c2-c2ccc(Cl)cc2)cc1. The fourth-order valence-electron chi connectivity index (χ4n) is 2.16. The Labute approximate surface area is 153 Å². The Bertz CT molecular complexity index is 949. The largest absolute Gasteiger partial charge is 0.283 e. The van der Waals surface area contributed by atoms with Crippen molar-refractivity contribution < 1.29 is 8.42 Å². The summed E-state index contributed by atoms with van der Waals surface area (Å²) >= 11 is 7.99. The van der Waals surface area contributed by atoms with Gasteiger partial charge in [0.15, 0.2) is 0 Å². The average Bonchev–Trinajstić information content (AvgIpc) is 2.91. The van der Waals surface area contributed by atoms with E-state index in [1.54, 1.807) is 48.5 Å². The monoisotopic (exact) mass is 458 g/mol. The normalized spacial score (nSPS) is 11.6. The maximum absolute atomic E-state index is 12.9. The highest BCUT2D eigenvalue weighted by molar-refractivity contribution is 14.1. The Balaban J connectivity index is 2.18. The second-order valence-electron chi connectivity index (χ2n) is 5.01. The molecular weight excluding hydrogens is 447 g/mol. The molecular formula is C16H12ClIN2O2S. The molecule has 0 aliphatic heterocycles. The van der Waals surface area contributed by atoms with E-state index >= 15 is 0 Å². The van der Waals surface area contributed by atoms with Gasteiger partial charge in [-0.05, 0) is 53.8 Å². The molecule has 0 aliphatic rings. The second-order valence-corrected chi connectivity index (χ2v) is 8.38. The van der Waals surface area contributed by atoms with Gasteiger partial charge in [0.05, 0.1) is 20.4 Å². The van der Waals surface area contributed by atoms with Gasteiger partial charge in [0.25, 0.3) is 10.0 Å². The topological polar surface area (TPSA) is 52.0 Å². The Morgan fingerprint density at radius 1 is 1.04 bits per heavy atom. The molecule has 23 heavy (non-hydrogen) atoms. The highest BCUT2D eigenvalue weighted by Crippen LogP contribution is 2.29. The van der Waals surface area contributed by atoms with E-state index < -0.39 is 10.0 Å². The van der Waals surface area contributed by atoms with Crippen LogP contribution < -0.4 is 0 Å². The molecule has 0 atom stereocenters. The number of hydrogen-bond acceptors (Lipinski definition) is 3. The van der Waals surface area contributed by atoms with Crippen molar-refractivity contribution in [3.05, 3.63) is 68.9 Å². The molecule has 0 saturated carbocycles. The van der Waals surface area contributed by atoms with Crippen molar-refractivity contribution in [1.82, 2.24) is 9.19 Å². The fraction of sp³-hybridized carbons (Fsp3) is 0.0625. The lowest BCUT2D eigenvalue weighted by molar-refractivity contribution is 0.581. The summed E-state index contributed by atoms with van der Waals surface area (Å²) in [7, 11) is -3.76. The highest BCUT2D eigenvalue weighted by Gasteiger charge is 2.23. The van der Waals surface area contributed by atoms with Gasteiger partial charge in [0.2, 0.25) is 0 Å². The zero-order chi connectivity index (χ0) is 16.6. The number of aryl methyl sites for hydroxylation is 1. The Morgan fingerprint density at radius 3 is 2.26 bits per heavy atom. The smallest absolute Gasteiger partial charge is 0.199 e. The van der Waals surface area contributed by atoms with Crippen molar-refractivity contribution in [3.63, 3.8) is 0 Å². The van der Waals surface area contributed by atoms with E-state index in [1.165, 1.54) is 6.20 Å². The molecule has 2 aromatic carbocycles. The lowest BCUT2D eigenvalue weighted by atomic mass is 10.2. The van der Waals surface area contributed by atoms with E-state index in [0.29, 0.717) is 10.7 Å². The molecule has 0 N–H and O–H groups in total. The first-order chi connectivity index (χ1) is 10.9. The summed E-state index contributed by atoms with van der Waals surface area (Å²) in [4.78, 5) is 0.206. The van der Waals surface area contributed by atoms with Crippen LogP contribution in [0.1, 0.15) is 5.56 Å². The van der Waals surface area contributed by atoms with Gasteiger partial charge >= 0.3 is 0 Å². The van der Waals surface area contributed by atoms with Crippen LogP contribution in [0.25, 0.3) is 11.3 Å². The molecule has 0 radical (unpaired) electrons. The zero-order valence-corrected chi connectivity index (χ0v) is 15.8. The molecule has 3 aromatic rings. The highest BCUT2D eigenvalue weighted by atomic mass is 127. The van der Waals surface area contributed by atoms with Crippen LogP contribution >= 0.6 is 34.2 Å². The summed E-state index contributed by atoms with van der Waals surface area (Å²) < 4.78 is 27.6. The molecule has 4 nitrogen and oxygen atoms in total. The van der Waals surface area contributed by atoms with E-state index in [9.17, 15) is 8.42 Å². The Morgan fingerprint density at radius 2 is 1.65 bits per heavy atom. The minimum Gasteiger partial charge on any atom is -0.199 e. The van der Waals surface area contributed by atoms with Crippen LogP contribution in [0, 0.1) is 10.5 Å². The minimum absolute atomic E-state index is 0.206. The van der Waals surface area contributed by atoms with Crippen molar-refractivity contribution in [3.8, 4) is 11.3 Å².